The fourth-order valence-corrected chi connectivity index (χ4v) is 3.60. The van der Waals surface area contributed by atoms with Crippen molar-refractivity contribution >= 4 is 30.0 Å². The maximum absolute atomic E-state index is 13.0. The summed E-state index contributed by atoms with van der Waals surface area (Å²) in [6.45, 7) is 1.31. The van der Waals surface area contributed by atoms with Crippen LogP contribution in [-0.2, 0) is 9.59 Å². The van der Waals surface area contributed by atoms with Crippen LogP contribution < -0.4 is 10.6 Å². The van der Waals surface area contributed by atoms with Crippen LogP contribution in [0.2, 0.25) is 0 Å². The van der Waals surface area contributed by atoms with Gasteiger partial charge in [0.25, 0.3) is 5.91 Å². The third-order valence-corrected chi connectivity index (χ3v) is 5.32. The highest BCUT2D eigenvalue weighted by molar-refractivity contribution is 5.97. The summed E-state index contributed by atoms with van der Waals surface area (Å²) in [5.74, 6) is -0.734. The molecule has 0 fully saturated rings. The van der Waals surface area contributed by atoms with Crippen molar-refractivity contribution in [2.75, 3.05) is 18.4 Å². The highest BCUT2D eigenvalue weighted by Crippen LogP contribution is 2.25. The number of amides is 2. The third kappa shape index (κ3) is 5.37. The normalized spacial score (nSPS) is 18.2. The lowest BCUT2D eigenvalue weighted by atomic mass is 9.87. The number of nitrogens with one attached hydrogen (secondary N) is 2. The number of para-hydroxylation sites is 1. The summed E-state index contributed by atoms with van der Waals surface area (Å²) in [6, 6.07) is 15.0. The lowest BCUT2D eigenvalue weighted by molar-refractivity contribution is -0.530. The molecule has 1 aliphatic heterocycles. The van der Waals surface area contributed by atoms with Crippen molar-refractivity contribution in [2.24, 2.45) is 0 Å². The van der Waals surface area contributed by atoms with Gasteiger partial charge in [-0.15, -0.1) is 0 Å². The van der Waals surface area contributed by atoms with Crippen LogP contribution in [0.1, 0.15) is 36.0 Å². The summed E-state index contributed by atoms with van der Waals surface area (Å²) < 4.78 is 15.1. The molecular weight excluding hydrogens is 385 g/mol. The van der Waals surface area contributed by atoms with Crippen LogP contribution in [-0.4, -0.2) is 47.5 Å². The van der Waals surface area contributed by atoms with E-state index in [0.717, 1.165) is 5.69 Å². The van der Waals surface area contributed by atoms with Crippen LogP contribution in [0, 0.1) is 5.82 Å². The molecule has 1 aliphatic rings. The Bertz CT molecular complexity index is 928. The van der Waals surface area contributed by atoms with Crippen molar-refractivity contribution in [3.63, 3.8) is 0 Å². The maximum Gasteiger partial charge on any atom is 0.252 e. The van der Waals surface area contributed by atoms with Crippen molar-refractivity contribution < 1.29 is 23.3 Å². The van der Waals surface area contributed by atoms with E-state index in [9.17, 15) is 18.8 Å². The minimum atomic E-state index is -0.900. The van der Waals surface area contributed by atoms with Gasteiger partial charge in [0.2, 0.25) is 6.41 Å². The number of halogens is 1. The number of benzene rings is 2. The molecule has 30 heavy (non-hydrogen) atoms. The summed E-state index contributed by atoms with van der Waals surface area (Å²) in [4.78, 5) is 35.6. The Morgan fingerprint density at radius 2 is 1.83 bits per heavy atom. The van der Waals surface area contributed by atoms with E-state index < -0.39 is 5.54 Å². The standard InChI is InChI=1S/C23H24FN3O3/c24-19-10-8-18(9-11-19)21(29)7-4-14-27-15-12-23(13-16-27,22(30)25-17-28)26-20-5-2-1-3-6-20/h1-3,5-6,8-11,15,17,26H,4,7,12-14,16H2/p+1. The smallest absolute Gasteiger partial charge is 0.252 e. The van der Waals surface area contributed by atoms with Crippen molar-refractivity contribution in [3.05, 3.63) is 66.0 Å². The molecule has 1 heterocycles. The molecule has 0 bridgehead atoms. The number of anilines is 1. The number of hydrogen-bond donors (Lipinski definition) is 2. The summed E-state index contributed by atoms with van der Waals surface area (Å²) in [5.41, 5.74) is 0.420. The van der Waals surface area contributed by atoms with Crippen molar-refractivity contribution in [2.45, 2.75) is 31.2 Å². The fraction of sp³-hybridized carbons (Fsp3) is 0.304. The Kier molecular flexibility index (Phi) is 7.06. The van der Waals surface area contributed by atoms with Crippen LogP contribution >= 0.6 is 0 Å². The molecule has 2 amide bonds. The number of imide groups is 1. The minimum Gasteiger partial charge on any atom is -0.371 e. The second kappa shape index (κ2) is 9.91. The molecule has 0 radical (unpaired) electrons. The highest BCUT2D eigenvalue weighted by Gasteiger charge is 2.42. The highest BCUT2D eigenvalue weighted by atomic mass is 19.1. The van der Waals surface area contributed by atoms with Crippen LogP contribution in [0.15, 0.2) is 54.6 Å². The van der Waals surface area contributed by atoms with E-state index in [4.69, 9.17) is 0 Å². The first-order valence-corrected chi connectivity index (χ1v) is 9.96. The SMILES string of the molecule is O=CNC(=O)C1(Nc2ccccc2)CC=[N+](CCCC(=O)c2ccc(F)cc2)CC1. The van der Waals surface area contributed by atoms with Gasteiger partial charge < -0.3 is 5.32 Å². The Labute approximate surface area is 174 Å². The first-order valence-electron chi connectivity index (χ1n) is 9.96. The monoisotopic (exact) mass is 410 g/mol. The van der Waals surface area contributed by atoms with E-state index in [2.05, 4.69) is 15.2 Å². The van der Waals surface area contributed by atoms with Gasteiger partial charge in [-0.1, -0.05) is 18.2 Å². The summed E-state index contributed by atoms with van der Waals surface area (Å²) in [7, 11) is 0. The van der Waals surface area contributed by atoms with E-state index in [-0.39, 0.29) is 17.5 Å². The zero-order chi connectivity index (χ0) is 21.4. The second-order valence-corrected chi connectivity index (χ2v) is 7.37. The van der Waals surface area contributed by atoms with Crippen LogP contribution in [0.25, 0.3) is 0 Å². The molecule has 0 aliphatic carbocycles. The predicted molar refractivity (Wildman–Crippen MR) is 112 cm³/mol. The molecule has 3 rings (SSSR count). The van der Waals surface area contributed by atoms with E-state index in [0.29, 0.717) is 50.7 Å². The van der Waals surface area contributed by atoms with Crippen LogP contribution in [0.3, 0.4) is 0 Å². The lowest BCUT2D eigenvalue weighted by Crippen LogP contribution is -2.56. The van der Waals surface area contributed by atoms with Gasteiger partial charge in [-0.05, 0) is 36.4 Å². The van der Waals surface area contributed by atoms with Crippen molar-refractivity contribution in [1.82, 2.24) is 5.32 Å². The van der Waals surface area contributed by atoms with Gasteiger partial charge in [0.15, 0.2) is 5.78 Å². The predicted octanol–water partition coefficient (Wildman–Crippen LogP) is 2.79. The molecule has 7 heteroatoms. The second-order valence-electron chi connectivity index (χ2n) is 7.37. The van der Waals surface area contributed by atoms with Gasteiger partial charge in [0.05, 0.1) is 6.42 Å². The minimum absolute atomic E-state index is 0.0162. The topological polar surface area (TPSA) is 78.3 Å². The van der Waals surface area contributed by atoms with E-state index in [1.165, 1.54) is 24.3 Å². The number of carbonyl (C=O) groups excluding carboxylic acids is 3. The quantitative estimate of drug-likeness (QED) is 0.379. The average Bonchev–Trinajstić information content (AvgIpc) is 2.76. The van der Waals surface area contributed by atoms with Gasteiger partial charge in [-0.3, -0.25) is 19.7 Å². The lowest BCUT2D eigenvalue weighted by Gasteiger charge is -2.33. The number of ketones is 1. The number of hydrogen-bond acceptors (Lipinski definition) is 4. The molecule has 0 aromatic heterocycles. The van der Waals surface area contributed by atoms with E-state index in [1.54, 1.807) is 0 Å². The Morgan fingerprint density at radius 1 is 1.10 bits per heavy atom. The number of nitrogens with zero attached hydrogens (tertiary/aromatic N) is 1. The first kappa shape index (κ1) is 21.4. The van der Waals surface area contributed by atoms with E-state index in [1.807, 2.05) is 36.5 Å². The summed E-state index contributed by atoms with van der Waals surface area (Å²) in [5, 5.41) is 5.57. The summed E-state index contributed by atoms with van der Waals surface area (Å²) in [6.07, 6.45) is 4.33. The summed E-state index contributed by atoms with van der Waals surface area (Å²) >= 11 is 0. The van der Waals surface area contributed by atoms with E-state index >= 15 is 0 Å². The van der Waals surface area contributed by atoms with Crippen molar-refractivity contribution in [3.8, 4) is 0 Å². The Hall–Kier alpha value is -3.35. The van der Waals surface area contributed by atoms with Gasteiger partial charge in [0.1, 0.15) is 30.7 Å². The Balaban J connectivity index is 1.59. The number of carbonyl (C=O) groups is 3. The molecule has 0 saturated carbocycles. The molecule has 0 saturated heterocycles. The zero-order valence-corrected chi connectivity index (χ0v) is 16.6. The fourth-order valence-electron chi connectivity index (χ4n) is 3.60. The third-order valence-electron chi connectivity index (χ3n) is 5.32. The molecule has 2 N–H and O–H groups in total. The number of rotatable bonds is 9. The molecule has 156 valence electrons. The van der Waals surface area contributed by atoms with Gasteiger partial charge >= 0.3 is 0 Å². The zero-order valence-electron chi connectivity index (χ0n) is 16.6. The van der Waals surface area contributed by atoms with Crippen LogP contribution in [0.5, 0.6) is 0 Å². The number of Topliss-reactive ketones (excluding diaryl/α,β-unsaturated/α-hetero) is 1. The molecule has 2 aromatic rings. The van der Waals surface area contributed by atoms with Crippen LogP contribution in [0.4, 0.5) is 10.1 Å². The average molecular weight is 410 g/mol. The maximum atomic E-state index is 13.0. The van der Waals surface area contributed by atoms with Gasteiger partial charge in [0, 0.05) is 30.5 Å². The molecule has 2 aromatic carbocycles. The molecule has 6 nitrogen and oxygen atoms in total. The largest absolute Gasteiger partial charge is 0.371 e. The molecule has 0 spiro atoms. The first-order chi connectivity index (χ1) is 14.5. The molecular formula is C23H25FN3O3+. The van der Waals surface area contributed by atoms with Crippen molar-refractivity contribution in [1.29, 1.82) is 0 Å². The molecule has 1 unspecified atom stereocenters. The van der Waals surface area contributed by atoms with Gasteiger partial charge in [-0.2, -0.15) is 0 Å². The Morgan fingerprint density at radius 3 is 2.47 bits per heavy atom. The molecule has 1 atom stereocenters. The van der Waals surface area contributed by atoms with Gasteiger partial charge in [-0.25, -0.2) is 8.97 Å².